The second-order valence-electron chi connectivity index (χ2n) is 20.8. The number of rotatable bonds is 10. The molecule has 0 aromatic carbocycles. The Morgan fingerprint density at radius 2 is 0.974 bits per heavy atom. The van der Waals surface area contributed by atoms with E-state index in [0.717, 1.165) is 160 Å². The van der Waals surface area contributed by atoms with Crippen molar-refractivity contribution >= 4 is 99.4 Å². The second-order valence-corrected chi connectivity index (χ2v) is 23.9. The zero-order chi connectivity index (χ0) is 54.5. The topological polar surface area (TPSA) is 213 Å². The van der Waals surface area contributed by atoms with Crippen LogP contribution in [0.15, 0.2) is 67.3 Å². The van der Waals surface area contributed by atoms with Gasteiger partial charge in [-0.1, -0.05) is 0 Å². The van der Waals surface area contributed by atoms with Crippen LogP contribution in [0.2, 0.25) is 0 Å². The lowest BCUT2D eigenvalue weighted by molar-refractivity contribution is 0.0925. The van der Waals surface area contributed by atoms with Crippen molar-refractivity contribution in [2.24, 2.45) is 0 Å². The lowest BCUT2D eigenvalue weighted by Crippen LogP contribution is -2.59. The molecule has 78 heavy (non-hydrogen) atoms. The average Bonchev–Trinajstić information content (AvgIpc) is 4.05. The number of pyridine rings is 3. The smallest absolute Gasteiger partial charge is 0.262 e. The molecule has 13 rings (SSSR count). The van der Waals surface area contributed by atoms with Gasteiger partial charge in [-0.25, -0.2) is 0 Å². The van der Waals surface area contributed by atoms with E-state index in [9.17, 15) is 14.4 Å². The van der Waals surface area contributed by atoms with Crippen LogP contribution in [0.3, 0.4) is 0 Å². The fourth-order valence-electron chi connectivity index (χ4n) is 9.94. The highest BCUT2D eigenvalue weighted by molar-refractivity contribution is 7.21. The van der Waals surface area contributed by atoms with E-state index < -0.39 is 0 Å². The molecule has 21 heteroatoms. The highest BCUT2D eigenvalue weighted by Gasteiger charge is 2.36. The lowest BCUT2D eigenvalue weighted by atomic mass is 10.0. The van der Waals surface area contributed by atoms with E-state index in [-0.39, 0.29) is 35.8 Å². The molecule has 12 heterocycles. The van der Waals surface area contributed by atoms with E-state index in [1.807, 2.05) is 104 Å². The highest BCUT2D eigenvalue weighted by atomic mass is 32.1. The maximum Gasteiger partial charge on any atom is 0.262 e. The molecule has 400 valence electrons. The number of nitrogens with one attached hydrogen (secondary N) is 3. The lowest BCUT2D eigenvalue weighted by Gasteiger charge is -2.41. The van der Waals surface area contributed by atoms with Gasteiger partial charge in [-0.15, -0.1) is 49.3 Å². The molecule has 9 aromatic heterocycles. The minimum absolute atomic E-state index is 0.0200. The third-order valence-corrected chi connectivity index (χ3v) is 18.5. The summed E-state index contributed by atoms with van der Waals surface area (Å²) in [6, 6.07) is 14.5. The van der Waals surface area contributed by atoms with Gasteiger partial charge < -0.3 is 30.7 Å². The van der Waals surface area contributed by atoms with Crippen LogP contribution < -0.4 is 30.7 Å². The van der Waals surface area contributed by atoms with Crippen molar-refractivity contribution in [1.29, 1.82) is 0 Å². The largest absolute Gasteiger partial charge is 0.366 e. The quantitative estimate of drug-likeness (QED) is 0.117. The van der Waals surface area contributed by atoms with E-state index in [4.69, 9.17) is 0 Å². The van der Waals surface area contributed by atoms with Gasteiger partial charge in [0.25, 0.3) is 17.7 Å². The zero-order valence-electron chi connectivity index (χ0n) is 45.1. The Kier molecular flexibility index (Phi) is 14.6. The van der Waals surface area contributed by atoms with E-state index in [2.05, 4.69) is 95.3 Å². The van der Waals surface area contributed by atoms with E-state index in [0.29, 0.717) is 10.8 Å². The number of aryl methyl sites for hydroxylation is 9. The SMILES string of the molecule is Cc1ccc(N2CC(NC(=O)c3cc4c(C)c(C)nnc4s3)C2)cn1.Cc1ccc(N2CC(NC(=O)c3sc4nnc(C)c(C)c4c3C3CC3)C2)cn1.Cc1nnc2sc(C(=O)NC3CN(c4cccnc4)C3)c(C)c2c1C. The molecular weight excluding hydrogens is 1040 g/mol. The van der Waals surface area contributed by atoms with Crippen LogP contribution in [0.25, 0.3) is 30.6 Å². The Hall–Kier alpha value is -7.62. The third-order valence-electron chi connectivity index (χ3n) is 15.2. The number of hydrogen-bond donors (Lipinski definition) is 3. The second kappa shape index (κ2) is 21.7. The number of hydrogen-bond acceptors (Lipinski definition) is 18. The predicted molar refractivity (Wildman–Crippen MR) is 310 cm³/mol. The first kappa shape index (κ1) is 52.4. The number of thiophene rings is 3. The summed E-state index contributed by atoms with van der Waals surface area (Å²) >= 11 is 4.30. The maximum atomic E-state index is 13.1. The standard InChI is InChI=1S/C21H23N5OS.2C18H19N5OS/c1-11-4-7-16(8-22-11)26-9-15(10-26)23-20(27)19-18(14-5-6-14)17-12(2)13(3)24-25-21(17)28-19;1-10-4-5-14(7-19-10)23-8-13(9-23)20-17(24)16-6-15-11(2)12(3)21-22-18(15)25-16;1-10-12(3)21-22-18-15(10)11(2)16(25-18)17(24)20-13-8-23(9-13)14-5-4-6-19-7-14/h4,7-8,14-15H,5-6,9-10H2,1-3H3,(H,23,27);2*4-7,13H,8-9H2,1-3H3,(H,20,24). The highest BCUT2D eigenvalue weighted by Crippen LogP contribution is 2.48. The van der Waals surface area contributed by atoms with Crippen molar-refractivity contribution in [3.05, 3.63) is 138 Å². The molecule has 4 aliphatic rings. The summed E-state index contributed by atoms with van der Waals surface area (Å²) in [7, 11) is 0. The van der Waals surface area contributed by atoms with Crippen molar-refractivity contribution in [1.82, 2.24) is 61.5 Å². The number of amides is 3. The molecule has 18 nitrogen and oxygen atoms in total. The van der Waals surface area contributed by atoms with Crippen LogP contribution in [0.5, 0.6) is 0 Å². The molecule has 1 aliphatic carbocycles. The summed E-state index contributed by atoms with van der Waals surface area (Å²) in [6.45, 7) is 22.8. The number of nitrogens with zero attached hydrogens (tertiary/aromatic N) is 12. The molecule has 3 saturated heterocycles. The van der Waals surface area contributed by atoms with Gasteiger partial charge in [-0.2, -0.15) is 15.3 Å². The molecule has 0 spiro atoms. The Bertz CT molecular complexity index is 3730. The Morgan fingerprint density at radius 1 is 0.500 bits per heavy atom. The molecule has 3 aliphatic heterocycles. The first-order valence-electron chi connectivity index (χ1n) is 26.2. The van der Waals surface area contributed by atoms with Gasteiger partial charge in [0.2, 0.25) is 0 Å². The van der Waals surface area contributed by atoms with Gasteiger partial charge in [0, 0.05) is 73.0 Å². The van der Waals surface area contributed by atoms with Gasteiger partial charge in [0.1, 0.15) is 14.5 Å². The Morgan fingerprint density at radius 3 is 1.49 bits per heavy atom. The maximum absolute atomic E-state index is 13.1. The predicted octanol–water partition coefficient (Wildman–Crippen LogP) is 8.77. The summed E-state index contributed by atoms with van der Waals surface area (Å²) in [4.78, 5) is 62.5. The molecule has 0 atom stereocenters. The summed E-state index contributed by atoms with van der Waals surface area (Å²) in [5.74, 6) is 0.474. The van der Waals surface area contributed by atoms with Crippen LogP contribution in [0.4, 0.5) is 17.1 Å². The molecule has 3 amide bonds. The van der Waals surface area contributed by atoms with Crippen LogP contribution in [-0.4, -0.2) is 121 Å². The molecular formula is C57H61N15O3S3. The Balaban J connectivity index is 0.000000124. The van der Waals surface area contributed by atoms with Gasteiger partial charge >= 0.3 is 0 Å². The number of fused-ring (bicyclic) bond motifs is 3. The fraction of sp³-hybridized carbons (Fsp3) is 0.368. The van der Waals surface area contributed by atoms with Crippen molar-refractivity contribution in [2.45, 2.75) is 99.2 Å². The first-order valence-corrected chi connectivity index (χ1v) is 28.7. The summed E-state index contributed by atoms with van der Waals surface area (Å²) in [6.07, 6.45) is 9.70. The van der Waals surface area contributed by atoms with Crippen LogP contribution >= 0.6 is 34.0 Å². The average molecular weight is 1100 g/mol. The van der Waals surface area contributed by atoms with Gasteiger partial charge in [-0.05, 0) is 151 Å². The van der Waals surface area contributed by atoms with Crippen LogP contribution in [0, 0.1) is 62.3 Å². The van der Waals surface area contributed by atoms with Crippen molar-refractivity contribution in [2.75, 3.05) is 54.0 Å². The van der Waals surface area contributed by atoms with E-state index >= 15 is 0 Å². The molecule has 1 saturated carbocycles. The first-order chi connectivity index (χ1) is 37.6. The van der Waals surface area contributed by atoms with E-state index in [1.54, 1.807) is 6.20 Å². The van der Waals surface area contributed by atoms with Gasteiger partial charge in [0.15, 0.2) is 0 Å². The molecule has 0 bridgehead atoms. The van der Waals surface area contributed by atoms with E-state index in [1.165, 1.54) is 39.6 Å². The summed E-state index contributed by atoms with van der Waals surface area (Å²) < 4.78 is 0. The number of aromatic nitrogens is 9. The van der Waals surface area contributed by atoms with Crippen molar-refractivity contribution in [3.63, 3.8) is 0 Å². The van der Waals surface area contributed by atoms with Crippen LogP contribution in [-0.2, 0) is 0 Å². The summed E-state index contributed by atoms with van der Waals surface area (Å²) in [5, 5.41) is 38.0. The molecule has 0 unspecified atom stereocenters. The number of anilines is 3. The zero-order valence-corrected chi connectivity index (χ0v) is 47.6. The molecule has 0 radical (unpaired) electrons. The van der Waals surface area contributed by atoms with Crippen LogP contribution in [0.1, 0.15) is 104 Å². The van der Waals surface area contributed by atoms with Crippen molar-refractivity contribution in [3.8, 4) is 0 Å². The number of carbonyl (C=O) groups is 3. The van der Waals surface area contributed by atoms with Gasteiger partial charge in [0.05, 0.1) is 85.5 Å². The third kappa shape index (κ3) is 10.7. The van der Waals surface area contributed by atoms with Crippen molar-refractivity contribution < 1.29 is 14.4 Å². The number of carbonyl (C=O) groups excluding carboxylic acids is 3. The Labute approximate surface area is 464 Å². The normalized spacial score (nSPS) is 15.5. The monoisotopic (exact) mass is 1100 g/mol. The fourth-order valence-corrected chi connectivity index (χ4v) is 13.1. The molecule has 3 N–H and O–H groups in total. The minimum Gasteiger partial charge on any atom is -0.366 e. The van der Waals surface area contributed by atoms with Gasteiger partial charge in [-0.3, -0.25) is 29.3 Å². The summed E-state index contributed by atoms with van der Waals surface area (Å²) in [5.41, 5.74) is 13.6. The molecule has 9 aromatic rings. The molecule has 4 fully saturated rings. The minimum atomic E-state index is -0.0354.